The zero-order chi connectivity index (χ0) is 12.1. The molecule has 1 aliphatic heterocycles. The van der Waals surface area contributed by atoms with Gasteiger partial charge in [-0.1, -0.05) is 6.42 Å². The number of carbonyl (C=O) groups is 1. The maximum Gasteiger partial charge on any atom is 0.239 e. The molecule has 0 unspecified atom stereocenters. The van der Waals surface area contributed by atoms with Crippen molar-refractivity contribution in [1.82, 2.24) is 20.2 Å². The lowest BCUT2D eigenvalue weighted by atomic mass is 10.0. The van der Waals surface area contributed by atoms with Crippen LogP contribution >= 0.6 is 0 Å². The van der Waals surface area contributed by atoms with Crippen molar-refractivity contribution >= 4 is 5.91 Å². The standard InChI is InChI=1S/C12H18N4O/c1-16(9-10-8-13-6-7-14-10)12(17)11-4-2-3-5-15-11/h6-8,11,15H,2-5,9H2,1H3/t11-/m1/s1. The predicted octanol–water partition coefficient (Wildman–Crippen LogP) is 0.577. The first kappa shape index (κ1) is 12.0. The number of nitrogens with one attached hydrogen (secondary N) is 1. The Hall–Kier alpha value is -1.49. The maximum atomic E-state index is 12.1. The van der Waals surface area contributed by atoms with E-state index < -0.39 is 0 Å². The Labute approximate surface area is 101 Å². The largest absolute Gasteiger partial charge is 0.338 e. The molecule has 2 rings (SSSR count). The van der Waals surface area contributed by atoms with Crippen molar-refractivity contribution in [3.63, 3.8) is 0 Å². The summed E-state index contributed by atoms with van der Waals surface area (Å²) in [5.41, 5.74) is 0.819. The molecule has 0 aliphatic carbocycles. The lowest BCUT2D eigenvalue weighted by Gasteiger charge is -2.27. The van der Waals surface area contributed by atoms with E-state index in [1.165, 1.54) is 0 Å². The van der Waals surface area contributed by atoms with Crippen LogP contribution in [0.5, 0.6) is 0 Å². The molecule has 1 fully saturated rings. The van der Waals surface area contributed by atoms with E-state index in [9.17, 15) is 4.79 Å². The summed E-state index contributed by atoms with van der Waals surface area (Å²) in [5, 5.41) is 3.26. The highest BCUT2D eigenvalue weighted by atomic mass is 16.2. The third-order valence-corrected chi connectivity index (χ3v) is 3.00. The lowest BCUT2D eigenvalue weighted by Crippen LogP contribution is -2.47. The Morgan fingerprint density at radius 3 is 3.06 bits per heavy atom. The number of aromatic nitrogens is 2. The number of hydrogen-bond acceptors (Lipinski definition) is 4. The molecule has 5 nitrogen and oxygen atoms in total. The second kappa shape index (κ2) is 5.72. The molecule has 1 aromatic rings. The fraction of sp³-hybridized carbons (Fsp3) is 0.583. The van der Waals surface area contributed by atoms with Gasteiger partial charge in [-0.3, -0.25) is 14.8 Å². The third kappa shape index (κ3) is 3.23. The number of hydrogen-bond donors (Lipinski definition) is 1. The molecule has 0 bridgehead atoms. The summed E-state index contributed by atoms with van der Waals surface area (Å²) in [6, 6.07) is -0.0228. The quantitative estimate of drug-likeness (QED) is 0.831. The van der Waals surface area contributed by atoms with Crippen molar-refractivity contribution in [2.45, 2.75) is 31.8 Å². The number of amides is 1. The van der Waals surface area contributed by atoms with Gasteiger partial charge in [0, 0.05) is 19.4 Å². The fourth-order valence-electron chi connectivity index (χ4n) is 2.06. The average Bonchev–Trinajstić information content (AvgIpc) is 2.40. The number of carbonyl (C=O) groups excluding carboxylic acids is 1. The minimum Gasteiger partial charge on any atom is -0.338 e. The van der Waals surface area contributed by atoms with Crippen LogP contribution in [0.15, 0.2) is 18.6 Å². The van der Waals surface area contributed by atoms with Gasteiger partial charge in [0.2, 0.25) is 5.91 Å². The van der Waals surface area contributed by atoms with Crippen LogP contribution in [0.3, 0.4) is 0 Å². The predicted molar refractivity (Wildman–Crippen MR) is 64.1 cm³/mol. The molecule has 5 heteroatoms. The van der Waals surface area contributed by atoms with Crippen molar-refractivity contribution in [3.05, 3.63) is 24.3 Å². The van der Waals surface area contributed by atoms with Gasteiger partial charge >= 0.3 is 0 Å². The summed E-state index contributed by atoms with van der Waals surface area (Å²) in [6.45, 7) is 1.46. The molecule has 1 N–H and O–H groups in total. The Balaban J connectivity index is 1.90. The van der Waals surface area contributed by atoms with E-state index in [1.54, 1.807) is 23.5 Å². The second-order valence-electron chi connectivity index (χ2n) is 4.39. The van der Waals surface area contributed by atoms with Gasteiger partial charge in [-0.05, 0) is 19.4 Å². The van der Waals surface area contributed by atoms with Crippen LogP contribution in [0.25, 0.3) is 0 Å². The zero-order valence-corrected chi connectivity index (χ0v) is 10.1. The Morgan fingerprint density at radius 1 is 1.53 bits per heavy atom. The first-order chi connectivity index (χ1) is 8.27. The van der Waals surface area contributed by atoms with Gasteiger partial charge in [-0.2, -0.15) is 0 Å². The molecule has 2 heterocycles. The zero-order valence-electron chi connectivity index (χ0n) is 10.1. The molecule has 1 amide bonds. The van der Waals surface area contributed by atoms with Crippen molar-refractivity contribution in [3.8, 4) is 0 Å². The van der Waals surface area contributed by atoms with E-state index in [1.807, 2.05) is 7.05 Å². The van der Waals surface area contributed by atoms with Crippen molar-refractivity contribution < 1.29 is 4.79 Å². The summed E-state index contributed by atoms with van der Waals surface area (Å²) in [5.74, 6) is 0.148. The van der Waals surface area contributed by atoms with Crippen LogP contribution in [-0.4, -0.2) is 40.4 Å². The van der Waals surface area contributed by atoms with E-state index in [-0.39, 0.29) is 11.9 Å². The molecular weight excluding hydrogens is 216 g/mol. The minimum atomic E-state index is -0.0228. The minimum absolute atomic E-state index is 0.0228. The van der Waals surface area contributed by atoms with Gasteiger partial charge in [0.1, 0.15) is 0 Å². The summed E-state index contributed by atoms with van der Waals surface area (Å²) in [4.78, 5) is 22.0. The van der Waals surface area contributed by atoms with Crippen LogP contribution in [0.4, 0.5) is 0 Å². The van der Waals surface area contributed by atoms with Crippen molar-refractivity contribution in [2.24, 2.45) is 0 Å². The van der Waals surface area contributed by atoms with Crippen LogP contribution in [0.1, 0.15) is 25.0 Å². The van der Waals surface area contributed by atoms with Crippen molar-refractivity contribution in [1.29, 1.82) is 0 Å². The molecule has 1 aliphatic rings. The highest BCUT2D eigenvalue weighted by Crippen LogP contribution is 2.10. The van der Waals surface area contributed by atoms with Crippen LogP contribution < -0.4 is 5.32 Å². The average molecular weight is 234 g/mol. The van der Waals surface area contributed by atoms with Gasteiger partial charge < -0.3 is 10.2 Å². The first-order valence-electron chi connectivity index (χ1n) is 6.00. The maximum absolute atomic E-state index is 12.1. The monoisotopic (exact) mass is 234 g/mol. The van der Waals surface area contributed by atoms with Gasteiger partial charge in [-0.15, -0.1) is 0 Å². The molecule has 92 valence electrons. The summed E-state index contributed by atoms with van der Waals surface area (Å²) >= 11 is 0. The van der Waals surface area contributed by atoms with Crippen LogP contribution in [0, 0.1) is 0 Å². The summed E-state index contributed by atoms with van der Waals surface area (Å²) < 4.78 is 0. The Kier molecular flexibility index (Phi) is 4.03. The van der Waals surface area contributed by atoms with Gasteiger partial charge in [0.15, 0.2) is 0 Å². The topological polar surface area (TPSA) is 58.1 Å². The first-order valence-corrected chi connectivity index (χ1v) is 6.00. The molecule has 0 spiro atoms. The van der Waals surface area contributed by atoms with E-state index in [0.29, 0.717) is 6.54 Å². The molecule has 1 saturated heterocycles. The van der Waals surface area contributed by atoms with E-state index in [4.69, 9.17) is 0 Å². The van der Waals surface area contributed by atoms with Crippen LogP contribution in [-0.2, 0) is 11.3 Å². The molecular formula is C12H18N4O. The highest BCUT2D eigenvalue weighted by Gasteiger charge is 2.23. The van der Waals surface area contributed by atoms with E-state index in [2.05, 4.69) is 15.3 Å². The highest BCUT2D eigenvalue weighted by molar-refractivity contribution is 5.81. The molecule has 0 aromatic carbocycles. The lowest BCUT2D eigenvalue weighted by molar-refractivity contribution is -0.133. The Morgan fingerprint density at radius 2 is 2.41 bits per heavy atom. The Bertz CT molecular complexity index is 362. The molecule has 17 heavy (non-hydrogen) atoms. The van der Waals surface area contributed by atoms with Crippen LogP contribution in [0.2, 0.25) is 0 Å². The van der Waals surface area contributed by atoms with Gasteiger partial charge in [0.25, 0.3) is 0 Å². The number of nitrogens with zero attached hydrogens (tertiary/aromatic N) is 3. The normalized spacial score (nSPS) is 19.9. The van der Waals surface area contributed by atoms with Crippen molar-refractivity contribution in [2.75, 3.05) is 13.6 Å². The van der Waals surface area contributed by atoms with E-state index in [0.717, 1.165) is 31.5 Å². The SMILES string of the molecule is CN(Cc1cnccn1)C(=O)[C@H]1CCCCN1. The summed E-state index contributed by atoms with van der Waals surface area (Å²) in [6.07, 6.45) is 8.20. The molecule has 1 aromatic heterocycles. The molecule has 0 saturated carbocycles. The van der Waals surface area contributed by atoms with Gasteiger partial charge in [-0.25, -0.2) is 0 Å². The smallest absolute Gasteiger partial charge is 0.239 e. The molecule has 1 atom stereocenters. The molecule has 0 radical (unpaired) electrons. The number of likely N-dealkylation sites (N-methyl/N-ethyl adjacent to an activating group) is 1. The second-order valence-corrected chi connectivity index (χ2v) is 4.39. The summed E-state index contributed by atoms with van der Waals surface area (Å²) in [7, 11) is 1.81. The van der Waals surface area contributed by atoms with E-state index >= 15 is 0 Å². The third-order valence-electron chi connectivity index (χ3n) is 3.00. The fourth-order valence-corrected chi connectivity index (χ4v) is 2.06. The van der Waals surface area contributed by atoms with Gasteiger partial charge in [0.05, 0.1) is 24.5 Å². The number of piperidine rings is 1. The number of rotatable bonds is 3.